The Morgan fingerprint density at radius 2 is 2.10 bits per heavy atom. The van der Waals surface area contributed by atoms with Crippen LogP contribution in [0.4, 0.5) is 0 Å². The number of halogens is 2. The van der Waals surface area contributed by atoms with Gasteiger partial charge in [0, 0.05) is 21.7 Å². The van der Waals surface area contributed by atoms with Crippen molar-refractivity contribution in [1.29, 1.82) is 0 Å². The Morgan fingerprint density at radius 1 is 1.33 bits per heavy atom. The largest absolute Gasteiger partial charge is 0.330 e. The van der Waals surface area contributed by atoms with Crippen LogP contribution in [-0.2, 0) is 6.54 Å². The van der Waals surface area contributed by atoms with Crippen molar-refractivity contribution < 1.29 is 4.79 Å². The van der Waals surface area contributed by atoms with Crippen LogP contribution >= 0.6 is 27.5 Å². The molecule has 0 radical (unpaired) electrons. The fraction of sp³-hybridized carbons (Fsp3) is 0.250. The lowest BCUT2D eigenvalue weighted by Crippen LogP contribution is -2.36. The summed E-state index contributed by atoms with van der Waals surface area (Å²) in [5.74, 6) is -0.0424. The Bertz CT molecular complexity index is 631. The van der Waals surface area contributed by atoms with Crippen LogP contribution in [-0.4, -0.2) is 21.8 Å². The highest BCUT2D eigenvalue weighted by Gasteiger charge is 2.21. The molecule has 1 amide bonds. The monoisotopic (exact) mass is 366 g/mol. The topological polar surface area (TPSA) is 33.2 Å². The standard InChI is InChI=1S/C16H16BrClN2O/c1-11(2)20(10-13-5-3-4-8-19-13)16(21)14-7-6-12(18)9-15(14)17/h3-9,11H,10H2,1-2H3. The molecule has 0 bridgehead atoms. The number of hydrogen-bond donors (Lipinski definition) is 0. The summed E-state index contributed by atoms with van der Waals surface area (Å²) in [6.07, 6.45) is 1.73. The van der Waals surface area contributed by atoms with E-state index in [1.54, 1.807) is 29.3 Å². The Morgan fingerprint density at radius 3 is 2.67 bits per heavy atom. The number of carbonyl (C=O) groups is 1. The van der Waals surface area contributed by atoms with Crippen molar-refractivity contribution in [2.45, 2.75) is 26.4 Å². The van der Waals surface area contributed by atoms with Gasteiger partial charge in [-0.25, -0.2) is 0 Å². The molecule has 5 heteroatoms. The number of hydrogen-bond acceptors (Lipinski definition) is 2. The van der Waals surface area contributed by atoms with Crippen LogP contribution < -0.4 is 0 Å². The number of pyridine rings is 1. The lowest BCUT2D eigenvalue weighted by Gasteiger charge is -2.27. The molecule has 0 aliphatic rings. The van der Waals surface area contributed by atoms with E-state index in [1.807, 2.05) is 32.0 Å². The number of benzene rings is 1. The van der Waals surface area contributed by atoms with Gasteiger partial charge in [-0.3, -0.25) is 9.78 Å². The summed E-state index contributed by atoms with van der Waals surface area (Å²) < 4.78 is 0.701. The Hall–Kier alpha value is -1.39. The average molecular weight is 368 g/mol. The smallest absolute Gasteiger partial charge is 0.255 e. The molecular formula is C16H16BrClN2O. The molecule has 0 unspecified atom stereocenters. The predicted molar refractivity (Wildman–Crippen MR) is 88.4 cm³/mol. The highest BCUT2D eigenvalue weighted by Crippen LogP contribution is 2.24. The summed E-state index contributed by atoms with van der Waals surface area (Å²) in [6.45, 7) is 4.46. The Labute approximate surface area is 138 Å². The van der Waals surface area contributed by atoms with Gasteiger partial charge in [-0.1, -0.05) is 17.7 Å². The Kier molecular flexibility index (Phi) is 5.37. The number of nitrogens with zero attached hydrogens (tertiary/aromatic N) is 2. The van der Waals surface area contributed by atoms with E-state index in [-0.39, 0.29) is 11.9 Å². The zero-order chi connectivity index (χ0) is 15.4. The van der Waals surface area contributed by atoms with Crippen molar-refractivity contribution in [2.24, 2.45) is 0 Å². The third kappa shape index (κ3) is 4.05. The minimum absolute atomic E-state index is 0.0424. The predicted octanol–water partition coefficient (Wildman–Crippen LogP) is 4.55. The van der Waals surface area contributed by atoms with Crippen LogP contribution in [0.3, 0.4) is 0 Å². The Balaban J connectivity index is 2.27. The molecule has 2 rings (SSSR count). The first-order chi connectivity index (χ1) is 9.99. The van der Waals surface area contributed by atoms with Crippen molar-refractivity contribution in [3.8, 4) is 0 Å². The highest BCUT2D eigenvalue weighted by atomic mass is 79.9. The van der Waals surface area contributed by atoms with E-state index < -0.39 is 0 Å². The average Bonchev–Trinajstić information content (AvgIpc) is 2.45. The summed E-state index contributed by atoms with van der Waals surface area (Å²) in [5, 5.41) is 0.597. The number of carbonyl (C=O) groups excluding carboxylic acids is 1. The molecule has 1 aromatic heterocycles. The van der Waals surface area contributed by atoms with Crippen LogP contribution in [0.1, 0.15) is 29.9 Å². The lowest BCUT2D eigenvalue weighted by atomic mass is 10.1. The van der Waals surface area contributed by atoms with E-state index in [0.29, 0.717) is 21.6 Å². The molecule has 110 valence electrons. The number of aromatic nitrogens is 1. The molecule has 0 aliphatic carbocycles. The second-order valence-corrected chi connectivity index (χ2v) is 6.26. The number of rotatable bonds is 4. The van der Waals surface area contributed by atoms with Crippen molar-refractivity contribution >= 4 is 33.4 Å². The van der Waals surface area contributed by atoms with Crippen molar-refractivity contribution in [1.82, 2.24) is 9.88 Å². The first-order valence-electron chi connectivity index (χ1n) is 6.65. The maximum Gasteiger partial charge on any atom is 0.255 e. The molecule has 0 aliphatic heterocycles. The molecule has 0 spiro atoms. The molecule has 0 saturated heterocycles. The van der Waals surface area contributed by atoms with E-state index in [4.69, 9.17) is 11.6 Å². The summed E-state index contributed by atoms with van der Waals surface area (Å²) >= 11 is 9.33. The van der Waals surface area contributed by atoms with Crippen LogP contribution in [0, 0.1) is 0 Å². The second kappa shape index (κ2) is 7.05. The van der Waals surface area contributed by atoms with Gasteiger partial charge in [0.25, 0.3) is 5.91 Å². The summed E-state index contributed by atoms with van der Waals surface area (Å²) in [7, 11) is 0. The van der Waals surface area contributed by atoms with Gasteiger partial charge in [-0.05, 0) is 60.1 Å². The van der Waals surface area contributed by atoms with Crippen LogP contribution in [0.5, 0.6) is 0 Å². The molecule has 0 atom stereocenters. The van der Waals surface area contributed by atoms with Gasteiger partial charge in [0.15, 0.2) is 0 Å². The maximum absolute atomic E-state index is 12.7. The molecule has 1 aromatic carbocycles. The maximum atomic E-state index is 12.7. The van der Waals surface area contributed by atoms with Crippen molar-refractivity contribution in [3.63, 3.8) is 0 Å². The van der Waals surface area contributed by atoms with Crippen molar-refractivity contribution in [3.05, 3.63) is 63.3 Å². The van der Waals surface area contributed by atoms with Gasteiger partial charge in [0.2, 0.25) is 0 Å². The second-order valence-electron chi connectivity index (χ2n) is 4.97. The highest BCUT2D eigenvalue weighted by molar-refractivity contribution is 9.10. The molecule has 0 saturated carbocycles. The van der Waals surface area contributed by atoms with E-state index in [2.05, 4.69) is 20.9 Å². The van der Waals surface area contributed by atoms with E-state index in [1.165, 1.54) is 0 Å². The van der Waals surface area contributed by atoms with Gasteiger partial charge >= 0.3 is 0 Å². The van der Waals surface area contributed by atoms with E-state index in [0.717, 1.165) is 5.69 Å². The SMILES string of the molecule is CC(C)N(Cc1ccccn1)C(=O)c1ccc(Cl)cc1Br. The fourth-order valence-electron chi connectivity index (χ4n) is 1.97. The van der Waals surface area contributed by atoms with Gasteiger partial charge in [-0.2, -0.15) is 0 Å². The molecule has 1 heterocycles. The van der Waals surface area contributed by atoms with Gasteiger partial charge in [0.05, 0.1) is 17.8 Å². The summed E-state index contributed by atoms with van der Waals surface area (Å²) in [5.41, 5.74) is 1.47. The minimum Gasteiger partial charge on any atom is -0.330 e. The zero-order valence-corrected chi connectivity index (χ0v) is 14.2. The molecular weight excluding hydrogens is 352 g/mol. The molecule has 3 nitrogen and oxygen atoms in total. The molecule has 0 N–H and O–H groups in total. The van der Waals surface area contributed by atoms with Gasteiger partial charge in [-0.15, -0.1) is 0 Å². The molecule has 0 fully saturated rings. The normalized spacial score (nSPS) is 10.7. The first-order valence-corrected chi connectivity index (χ1v) is 7.82. The minimum atomic E-state index is -0.0424. The van der Waals surface area contributed by atoms with Gasteiger partial charge < -0.3 is 4.90 Å². The summed E-state index contributed by atoms with van der Waals surface area (Å²) in [4.78, 5) is 18.8. The molecule has 21 heavy (non-hydrogen) atoms. The third-order valence-corrected chi connectivity index (χ3v) is 4.00. The molecule has 2 aromatic rings. The van der Waals surface area contributed by atoms with E-state index >= 15 is 0 Å². The van der Waals surface area contributed by atoms with Crippen LogP contribution in [0.15, 0.2) is 47.1 Å². The quantitative estimate of drug-likeness (QED) is 0.794. The van der Waals surface area contributed by atoms with E-state index in [9.17, 15) is 4.79 Å². The number of amides is 1. The zero-order valence-electron chi connectivity index (χ0n) is 11.9. The fourth-order valence-corrected chi connectivity index (χ4v) is 2.82. The van der Waals surface area contributed by atoms with Crippen molar-refractivity contribution in [2.75, 3.05) is 0 Å². The van der Waals surface area contributed by atoms with Crippen LogP contribution in [0.25, 0.3) is 0 Å². The van der Waals surface area contributed by atoms with Gasteiger partial charge in [0.1, 0.15) is 0 Å². The first kappa shape index (κ1) is 16.0. The third-order valence-electron chi connectivity index (χ3n) is 3.10. The summed E-state index contributed by atoms with van der Waals surface area (Å²) in [6, 6.07) is 11.0. The lowest BCUT2D eigenvalue weighted by molar-refractivity contribution is 0.0687. The van der Waals surface area contributed by atoms with Crippen LogP contribution in [0.2, 0.25) is 5.02 Å².